The minimum absolute atomic E-state index is 0.845. The lowest BCUT2D eigenvalue weighted by atomic mass is 9.94. The second kappa shape index (κ2) is 14.1. The summed E-state index contributed by atoms with van der Waals surface area (Å²) in [5.41, 5.74) is 17.6. The van der Waals surface area contributed by atoms with Crippen molar-refractivity contribution in [1.82, 2.24) is 9.55 Å². The van der Waals surface area contributed by atoms with Crippen LogP contribution < -0.4 is 0 Å². The third-order valence-electron chi connectivity index (χ3n) is 12.6. The highest BCUT2D eigenvalue weighted by atomic mass is 16.3. The molecule has 0 aliphatic heterocycles. The summed E-state index contributed by atoms with van der Waals surface area (Å²) in [6.07, 6.45) is 0. The molecule has 0 bridgehead atoms. The largest absolute Gasteiger partial charge is 0.456 e. The topological polar surface area (TPSA) is 44.1 Å². The van der Waals surface area contributed by atoms with Crippen LogP contribution in [0.1, 0.15) is 0 Å². The Morgan fingerprint density at radius 2 is 0.873 bits per heavy atom. The summed E-state index contributed by atoms with van der Waals surface area (Å²) >= 11 is 0. The van der Waals surface area contributed by atoms with Crippen molar-refractivity contribution in [3.8, 4) is 61.6 Å². The number of furan rings is 2. The van der Waals surface area contributed by atoms with Crippen LogP contribution in [0, 0.1) is 0 Å². The van der Waals surface area contributed by atoms with E-state index in [1.165, 1.54) is 32.9 Å². The highest BCUT2D eigenvalue weighted by molar-refractivity contribution is 6.14. The first-order valence-corrected chi connectivity index (χ1v) is 21.3. The lowest BCUT2D eigenvalue weighted by Gasteiger charge is -2.11. The highest BCUT2D eigenvalue weighted by Crippen LogP contribution is 2.42. The SMILES string of the molecule is c1ccc(-c2cc(-c3cccc4oc5ccc(-c6cccc(-c7ccc8c(c7)c7ccccc7n8-c7ccccc7)c6)cc5c34)cc(-c3ccc4c(c3)oc3ccccc34)n2)cc1. The van der Waals surface area contributed by atoms with E-state index >= 15 is 0 Å². The average Bonchev–Trinajstić information content (AvgIpc) is 4.03. The van der Waals surface area contributed by atoms with Crippen LogP contribution in [-0.2, 0) is 0 Å². The molecule has 4 nitrogen and oxygen atoms in total. The molecule has 4 aromatic heterocycles. The molecular weight excluding hydrogens is 769 g/mol. The highest BCUT2D eigenvalue weighted by Gasteiger charge is 2.18. The molecule has 4 heteroatoms. The predicted octanol–water partition coefficient (Wildman–Crippen LogP) is 16.3. The Bertz CT molecular complexity index is 3910. The van der Waals surface area contributed by atoms with E-state index in [4.69, 9.17) is 13.8 Å². The molecule has 13 rings (SSSR count). The van der Waals surface area contributed by atoms with E-state index in [0.29, 0.717) is 0 Å². The zero-order valence-electron chi connectivity index (χ0n) is 34.0. The molecule has 9 aromatic carbocycles. The number of fused-ring (bicyclic) bond motifs is 9. The van der Waals surface area contributed by atoms with E-state index in [-0.39, 0.29) is 0 Å². The van der Waals surface area contributed by atoms with Crippen molar-refractivity contribution < 1.29 is 8.83 Å². The molecule has 0 amide bonds. The summed E-state index contributed by atoms with van der Waals surface area (Å²) in [6.45, 7) is 0. The number of nitrogens with zero attached hydrogens (tertiary/aromatic N) is 2. The van der Waals surface area contributed by atoms with Crippen LogP contribution in [0.25, 0.3) is 127 Å². The van der Waals surface area contributed by atoms with Gasteiger partial charge in [0.2, 0.25) is 0 Å². The molecule has 0 saturated heterocycles. The van der Waals surface area contributed by atoms with Gasteiger partial charge in [-0.15, -0.1) is 0 Å². The number of hydrogen-bond donors (Lipinski definition) is 0. The van der Waals surface area contributed by atoms with Crippen LogP contribution >= 0.6 is 0 Å². The summed E-state index contributed by atoms with van der Waals surface area (Å²) in [5, 5.41) is 6.84. The lowest BCUT2D eigenvalue weighted by molar-refractivity contribution is 0.668. The maximum absolute atomic E-state index is 6.59. The molecule has 294 valence electrons. The summed E-state index contributed by atoms with van der Waals surface area (Å²) < 4.78 is 15.3. The van der Waals surface area contributed by atoms with Gasteiger partial charge in [-0.05, 0) is 118 Å². The molecule has 0 saturated carbocycles. The Morgan fingerprint density at radius 3 is 1.71 bits per heavy atom. The Hall–Kier alpha value is -8.47. The van der Waals surface area contributed by atoms with Crippen LogP contribution in [0.2, 0.25) is 0 Å². The molecule has 0 aliphatic rings. The normalized spacial score (nSPS) is 11.8. The van der Waals surface area contributed by atoms with Crippen molar-refractivity contribution in [1.29, 1.82) is 0 Å². The molecule has 0 fully saturated rings. The third-order valence-corrected chi connectivity index (χ3v) is 12.6. The number of benzene rings is 9. The first-order valence-electron chi connectivity index (χ1n) is 21.3. The fourth-order valence-corrected chi connectivity index (χ4v) is 9.61. The number of rotatable bonds is 6. The summed E-state index contributed by atoms with van der Waals surface area (Å²) in [4.78, 5) is 5.26. The van der Waals surface area contributed by atoms with E-state index in [9.17, 15) is 0 Å². The maximum Gasteiger partial charge on any atom is 0.136 e. The van der Waals surface area contributed by atoms with Gasteiger partial charge in [0.15, 0.2) is 0 Å². The minimum atomic E-state index is 0.845. The van der Waals surface area contributed by atoms with Crippen LogP contribution in [0.15, 0.2) is 227 Å². The van der Waals surface area contributed by atoms with Crippen molar-refractivity contribution in [3.63, 3.8) is 0 Å². The molecule has 0 spiro atoms. The van der Waals surface area contributed by atoms with Gasteiger partial charge in [-0.25, -0.2) is 4.98 Å². The zero-order chi connectivity index (χ0) is 41.4. The summed E-state index contributed by atoms with van der Waals surface area (Å²) in [6, 6.07) is 77.4. The standard InChI is InChI=1S/C59H36N2O2/c1-3-13-37(14-4-1)51-34-43(35-52(60-51)42-25-28-48-47-20-8-10-23-55(47)63-58(48)36-42)45-21-12-24-57-59(45)50-33-41(27-30-56(50)62-57)39-16-11-15-38(31-39)40-26-29-54-49(32-40)46-19-7-9-22-53(46)61(54)44-17-5-2-6-18-44/h1-36H. The summed E-state index contributed by atoms with van der Waals surface area (Å²) in [7, 11) is 0. The fourth-order valence-electron chi connectivity index (χ4n) is 9.61. The number of aromatic nitrogens is 2. The van der Waals surface area contributed by atoms with Crippen molar-refractivity contribution in [2.45, 2.75) is 0 Å². The molecule has 4 heterocycles. The van der Waals surface area contributed by atoms with Gasteiger partial charge in [0, 0.05) is 49.1 Å². The Kier molecular flexibility index (Phi) is 7.87. The Morgan fingerprint density at radius 1 is 0.302 bits per heavy atom. The Balaban J connectivity index is 0.933. The van der Waals surface area contributed by atoms with Crippen LogP contribution in [0.5, 0.6) is 0 Å². The molecule has 0 aliphatic carbocycles. The van der Waals surface area contributed by atoms with E-state index in [2.05, 4.69) is 205 Å². The first kappa shape index (κ1) is 35.3. The van der Waals surface area contributed by atoms with Crippen molar-refractivity contribution >= 4 is 65.7 Å². The van der Waals surface area contributed by atoms with Gasteiger partial charge in [-0.1, -0.05) is 133 Å². The number of pyridine rings is 1. The summed E-state index contributed by atoms with van der Waals surface area (Å²) in [5.74, 6) is 0. The molecular formula is C59H36N2O2. The van der Waals surface area contributed by atoms with Crippen LogP contribution in [0.3, 0.4) is 0 Å². The zero-order valence-corrected chi connectivity index (χ0v) is 34.0. The lowest BCUT2D eigenvalue weighted by Crippen LogP contribution is -1.92. The van der Waals surface area contributed by atoms with Crippen molar-refractivity contribution in [2.75, 3.05) is 0 Å². The quantitative estimate of drug-likeness (QED) is 0.168. The Labute approximate surface area is 362 Å². The molecule has 13 aromatic rings. The van der Waals surface area contributed by atoms with E-state index in [1.54, 1.807) is 0 Å². The first-order chi connectivity index (χ1) is 31.2. The number of hydrogen-bond acceptors (Lipinski definition) is 3. The monoisotopic (exact) mass is 804 g/mol. The molecule has 0 atom stereocenters. The predicted molar refractivity (Wildman–Crippen MR) is 260 cm³/mol. The molecule has 0 radical (unpaired) electrons. The van der Waals surface area contributed by atoms with Crippen molar-refractivity contribution in [3.05, 3.63) is 218 Å². The second-order valence-corrected chi connectivity index (χ2v) is 16.3. The number of para-hydroxylation sites is 3. The fraction of sp³-hybridized carbons (Fsp3) is 0. The van der Waals surface area contributed by atoms with Gasteiger partial charge in [-0.3, -0.25) is 0 Å². The van der Waals surface area contributed by atoms with E-state index in [1.807, 2.05) is 18.2 Å². The molecule has 63 heavy (non-hydrogen) atoms. The third kappa shape index (κ3) is 5.80. The van der Waals surface area contributed by atoms with E-state index < -0.39 is 0 Å². The van der Waals surface area contributed by atoms with Gasteiger partial charge in [0.25, 0.3) is 0 Å². The molecule has 0 N–H and O–H groups in total. The smallest absolute Gasteiger partial charge is 0.136 e. The van der Waals surface area contributed by atoms with E-state index in [0.717, 1.165) is 94.3 Å². The maximum atomic E-state index is 6.59. The average molecular weight is 805 g/mol. The van der Waals surface area contributed by atoms with Gasteiger partial charge in [0.1, 0.15) is 22.3 Å². The van der Waals surface area contributed by atoms with Gasteiger partial charge < -0.3 is 13.4 Å². The molecule has 0 unspecified atom stereocenters. The van der Waals surface area contributed by atoms with Gasteiger partial charge in [-0.2, -0.15) is 0 Å². The van der Waals surface area contributed by atoms with Crippen LogP contribution in [-0.4, -0.2) is 9.55 Å². The van der Waals surface area contributed by atoms with Gasteiger partial charge in [0.05, 0.1) is 22.4 Å². The van der Waals surface area contributed by atoms with Gasteiger partial charge >= 0.3 is 0 Å². The van der Waals surface area contributed by atoms with Crippen LogP contribution in [0.4, 0.5) is 0 Å². The van der Waals surface area contributed by atoms with Crippen molar-refractivity contribution in [2.24, 2.45) is 0 Å². The second-order valence-electron chi connectivity index (χ2n) is 16.3. The minimum Gasteiger partial charge on any atom is -0.456 e.